The third-order valence-corrected chi connectivity index (χ3v) is 6.02. The molecule has 1 aromatic heterocycles. The molecule has 102 valence electrons. The minimum atomic E-state index is -0.0103. The molecule has 0 aliphatic heterocycles. The number of rotatable bonds is 4. The maximum atomic E-state index is 6.16. The second-order valence-corrected chi connectivity index (χ2v) is 7.89. The Morgan fingerprint density at radius 1 is 1.26 bits per heavy atom. The van der Waals surface area contributed by atoms with Gasteiger partial charge in [-0.15, -0.1) is 11.3 Å². The summed E-state index contributed by atoms with van der Waals surface area (Å²) < 4.78 is 0.994. The zero-order chi connectivity index (χ0) is 14.0. The van der Waals surface area contributed by atoms with Crippen LogP contribution in [0.15, 0.2) is 40.2 Å². The summed E-state index contributed by atoms with van der Waals surface area (Å²) in [5, 5.41) is 4.21. The van der Waals surface area contributed by atoms with Crippen LogP contribution in [0.2, 0.25) is 5.02 Å². The lowest BCUT2D eigenvalue weighted by atomic mass is 9.77. The fourth-order valence-electron chi connectivity index (χ4n) is 2.40. The molecule has 0 bridgehead atoms. The van der Waals surface area contributed by atoms with Gasteiger partial charge in [0.15, 0.2) is 0 Å². The number of hydrogen-bond donors (Lipinski definition) is 1. The van der Waals surface area contributed by atoms with Gasteiger partial charge in [-0.3, -0.25) is 0 Å². The molecule has 0 amide bonds. The van der Waals surface area contributed by atoms with Crippen LogP contribution in [-0.2, 0) is 5.41 Å². The largest absolute Gasteiger partial charge is 0.312 e. The fourth-order valence-corrected chi connectivity index (χ4v) is 4.44. The Hall–Kier alpha value is -0.350. The first kappa shape index (κ1) is 15.0. The average Bonchev–Trinajstić information content (AvgIpc) is 2.71. The molecule has 0 saturated carbocycles. The van der Waals surface area contributed by atoms with Gasteiger partial charge >= 0.3 is 0 Å². The molecule has 0 spiro atoms. The molecule has 0 aliphatic rings. The van der Waals surface area contributed by atoms with Crippen LogP contribution < -0.4 is 5.32 Å². The molecular formula is C15H17BrClNS. The number of halogens is 2. The maximum Gasteiger partial charge on any atom is 0.0888 e. The van der Waals surface area contributed by atoms with E-state index in [1.165, 1.54) is 10.4 Å². The maximum absolute atomic E-state index is 6.16. The second kappa shape index (κ2) is 5.96. The molecular weight excluding hydrogens is 342 g/mol. The Bertz CT molecular complexity index is 531. The van der Waals surface area contributed by atoms with Crippen molar-refractivity contribution in [1.82, 2.24) is 5.32 Å². The smallest absolute Gasteiger partial charge is 0.0888 e. The van der Waals surface area contributed by atoms with E-state index in [1.54, 1.807) is 11.3 Å². The van der Waals surface area contributed by atoms with Crippen LogP contribution in [0.25, 0.3) is 0 Å². The van der Waals surface area contributed by atoms with Crippen LogP contribution in [0.1, 0.15) is 30.3 Å². The Balaban J connectivity index is 2.41. The molecule has 2 aromatic rings. The lowest BCUT2D eigenvalue weighted by Gasteiger charge is -2.34. The van der Waals surface area contributed by atoms with Crippen molar-refractivity contribution in [1.29, 1.82) is 0 Å². The van der Waals surface area contributed by atoms with E-state index in [2.05, 4.69) is 59.4 Å². The van der Waals surface area contributed by atoms with E-state index in [1.807, 2.05) is 19.2 Å². The Kier molecular flexibility index (Phi) is 4.72. The normalized spacial score (nSPS) is 13.5. The van der Waals surface area contributed by atoms with Crippen molar-refractivity contribution in [2.75, 3.05) is 7.05 Å². The van der Waals surface area contributed by atoms with Gasteiger partial charge in [-0.1, -0.05) is 55.8 Å². The summed E-state index contributed by atoms with van der Waals surface area (Å²) in [4.78, 5) is 1.24. The van der Waals surface area contributed by atoms with Crippen LogP contribution in [-0.4, -0.2) is 7.05 Å². The minimum Gasteiger partial charge on any atom is -0.312 e. The quantitative estimate of drug-likeness (QED) is 0.771. The average molecular weight is 359 g/mol. The van der Waals surface area contributed by atoms with Crippen molar-refractivity contribution in [2.45, 2.75) is 25.3 Å². The number of likely N-dealkylation sites (N-methyl/N-ethyl adjacent to an activating group) is 1. The first-order chi connectivity index (χ1) is 8.96. The van der Waals surface area contributed by atoms with E-state index in [4.69, 9.17) is 11.6 Å². The van der Waals surface area contributed by atoms with Crippen molar-refractivity contribution in [3.05, 3.63) is 55.6 Å². The molecule has 4 heteroatoms. The summed E-state index contributed by atoms with van der Waals surface area (Å²) in [6.07, 6.45) is 0. The first-order valence-corrected chi connectivity index (χ1v) is 8.13. The van der Waals surface area contributed by atoms with Gasteiger partial charge in [0.05, 0.1) is 14.9 Å². The highest BCUT2D eigenvalue weighted by Crippen LogP contribution is 2.42. The molecule has 0 aliphatic carbocycles. The van der Waals surface area contributed by atoms with Crippen molar-refractivity contribution in [2.24, 2.45) is 0 Å². The van der Waals surface area contributed by atoms with Crippen LogP contribution in [0.3, 0.4) is 0 Å². The monoisotopic (exact) mass is 357 g/mol. The lowest BCUT2D eigenvalue weighted by molar-refractivity contribution is 0.373. The van der Waals surface area contributed by atoms with Gasteiger partial charge in [0.25, 0.3) is 0 Å². The van der Waals surface area contributed by atoms with Gasteiger partial charge < -0.3 is 5.32 Å². The predicted octanol–water partition coefficient (Wildman–Crippen LogP) is 5.40. The van der Waals surface area contributed by atoms with E-state index in [0.717, 1.165) is 8.81 Å². The van der Waals surface area contributed by atoms with Gasteiger partial charge in [-0.25, -0.2) is 0 Å². The summed E-state index contributed by atoms with van der Waals surface area (Å²) in [7, 11) is 2.00. The molecule has 1 N–H and O–H groups in total. The standard InChI is InChI=1S/C15H17BrClNS/c1-15(2,10-7-5-4-6-8-10)13(18-3)12-9-11(17)14(16)19-12/h4-9,13,18H,1-3H3. The zero-order valence-corrected chi connectivity index (χ0v) is 14.4. The van der Waals surface area contributed by atoms with Crippen LogP contribution in [0.5, 0.6) is 0 Å². The molecule has 0 saturated heterocycles. The molecule has 0 radical (unpaired) electrons. The van der Waals surface area contributed by atoms with E-state index in [-0.39, 0.29) is 11.5 Å². The first-order valence-electron chi connectivity index (χ1n) is 6.14. The summed E-state index contributed by atoms with van der Waals surface area (Å²) in [6.45, 7) is 4.51. The van der Waals surface area contributed by atoms with Gasteiger partial charge in [0.2, 0.25) is 0 Å². The molecule has 2 rings (SSSR count). The fraction of sp³-hybridized carbons (Fsp3) is 0.333. The van der Waals surface area contributed by atoms with Crippen molar-refractivity contribution in [3.8, 4) is 0 Å². The van der Waals surface area contributed by atoms with E-state index >= 15 is 0 Å². The molecule has 1 aromatic carbocycles. The number of thiophene rings is 1. The van der Waals surface area contributed by atoms with E-state index in [9.17, 15) is 0 Å². The lowest BCUT2D eigenvalue weighted by Crippen LogP contribution is -2.35. The molecule has 1 nitrogen and oxygen atoms in total. The predicted molar refractivity (Wildman–Crippen MR) is 88.3 cm³/mol. The van der Waals surface area contributed by atoms with Gasteiger partial charge in [0.1, 0.15) is 0 Å². The Labute approximate surface area is 132 Å². The highest BCUT2D eigenvalue weighted by atomic mass is 79.9. The van der Waals surface area contributed by atoms with Crippen molar-refractivity contribution < 1.29 is 0 Å². The topological polar surface area (TPSA) is 12.0 Å². The van der Waals surface area contributed by atoms with Gasteiger partial charge in [-0.2, -0.15) is 0 Å². The van der Waals surface area contributed by atoms with Crippen LogP contribution >= 0.6 is 38.9 Å². The zero-order valence-electron chi connectivity index (χ0n) is 11.2. The minimum absolute atomic E-state index is 0.0103. The molecule has 1 heterocycles. The summed E-state index contributed by atoms with van der Waals surface area (Å²) in [6, 6.07) is 12.8. The van der Waals surface area contributed by atoms with Gasteiger partial charge in [0, 0.05) is 10.3 Å². The molecule has 1 atom stereocenters. The van der Waals surface area contributed by atoms with E-state index in [0.29, 0.717) is 0 Å². The number of benzene rings is 1. The third kappa shape index (κ3) is 3.05. The van der Waals surface area contributed by atoms with Crippen molar-refractivity contribution >= 4 is 38.9 Å². The summed E-state index contributed by atoms with van der Waals surface area (Å²) in [5.74, 6) is 0. The number of nitrogens with one attached hydrogen (secondary N) is 1. The Morgan fingerprint density at radius 3 is 2.37 bits per heavy atom. The van der Waals surface area contributed by atoms with E-state index < -0.39 is 0 Å². The summed E-state index contributed by atoms with van der Waals surface area (Å²) in [5.41, 5.74) is 1.30. The van der Waals surface area contributed by atoms with Crippen molar-refractivity contribution in [3.63, 3.8) is 0 Å². The van der Waals surface area contributed by atoms with Crippen LogP contribution in [0.4, 0.5) is 0 Å². The third-order valence-electron chi connectivity index (χ3n) is 3.48. The molecule has 19 heavy (non-hydrogen) atoms. The SMILES string of the molecule is CNC(c1cc(Cl)c(Br)s1)C(C)(C)c1ccccc1. The van der Waals surface area contributed by atoms with Crippen LogP contribution in [0, 0.1) is 0 Å². The molecule has 1 unspecified atom stereocenters. The summed E-state index contributed by atoms with van der Waals surface area (Å²) >= 11 is 11.3. The Morgan fingerprint density at radius 2 is 1.89 bits per heavy atom. The highest BCUT2D eigenvalue weighted by molar-refractivity contribution is 9.11. The highest BCUT2D eigenvalue weighted by Gasteiger charge is 2.32. The second-order valence-electron chi connectivity index (χ2n) is 5.08. The number of hydrogen-bond acceptors (Lipinski definition) is 2. The van der Waals surface area contributed by atoms with Gasteiger partial charge in [-0.05, 0) is 34.6 Å². The molecule has 0 fully saturated rings.